The van der Waals surface area contributed by atoms with Crippen LogP contribution in [0.1, 0.15) is 5.56 Å². The van der Waals surface area contributed by atoms with Crippen LogP contribution < -0.4 is 9.47 Å². The molecule has 0 spiro atoms. The largest absolute Gasteiger partial charge is 0.497 e. The second-order valence-corrected chi connectivity index (χ2v) is 4.53. The molecule has 0 aliphatic heterocycles. The monoisotopic (exact) mass is 310 g/mol. The highest BCUT2D eigenvalue weighted by molar-refractivity contribution is 9.10. The Morgan fingerprint density at radius 2 is 1.94 bits per heavy atom. The van der Waals surface area contributed by atoms with Crippen molar-refractivity contribution in [3.8, 4) is 11.5 Å². The van der Waals surface area contributed by atoms with Gasteiger partial charge in [-0.3, -0.25) is 0 Å². The van der Waals surface area contributed by atoms with Crippen LogP contribution in [0.4, 0.5) is 4.39 Å². The van der Waals surface area contributed by atoms with Gasteiger partial charge in [-0.05, 0) is 30.3 Å². The summed E-state index contributed by atoms with van der Waals surface area (Å²) >= 11 is 3.42. The van der Waals surface area contributed by atoms with Gasteiger partial charge in [0.1, 0.15) is 12.4 Å². The van der Waals surface area contributed by atoms with Crippen LogP contribution >= 0.6 is 15.9 Å². The molecule has 2 aromatic rings. The molecule has 0 atom stereocenters. The molecule has 0 aliphatic rings. The van der Waals surface area contributed by atoms with Gasteiger partial charge in [0.25, 0.3) is 0 Å². The first-order chi connectivity index (χ1) is 8.70. The summed E-state index contributed by atoms with van der Waals surface area (Å²) in [6, 6.07) is 11.9. The molecule has 0 amide bonds. The predicted molar refractivity (Wildman–Crippen MR) is 71.4 cm³/mol. The number of hydrogen-bond acceptors (Lipinski definition) is 2. The minimum Gasteiger partial charge on any atom is -0.497 e. The SMILES string of the molecule is COc1ccc(Br)c(COc2ccccc2F)c1. The minimum atomic E-state index is -0.364. The van der Waals surface area contributed by atoms with Gasteiger partial charge in [0.15, 0.2) is 11.6 Å². The fraction of sp³-hybridized carbons (Fsp3) is 0.143. The van der Waals surface area contributed by atoms with E-state index in [4.69, 9.17) is 9.47 Å². The number of methoxy groups -OCH3 is 1. The number of hydrogen-bond donors (Lipinski definition) is 0. The molecule has 4 heteroatoms. The van der Waals surface area contributed by atoms with Gasteiger partial charge in [-0.25, -0.2) is 4.39 Å². The van der Waals surface area contributed by atoms with E-state index in [2.05, 4.69) is 15.9 Å². The molecular formula is C14H12BrFO2. The Balaban J connectivity index is 2.13. The van der Waals surface area contributed by atoms with E-state index in [0.717, 1.165) is 15.8 Å². The van der Waals surface area contributed by atoms with Crippen LogP contribution in [0.5, 0.6) is 11.5 Å². The van der Waals surface area contributed by atoms with Crippen LogP contribution in [0.15, 0.2) is 46.9 Å². The number of para-hydroxylation sites is 1. The molecule has 2 nitrogen and oxygen atoms in total. The third-order valence-electron chi connectivity index (χ3n) is 2.47. The maximum atomic E-state index is 13.4. The second-order valence-electron chi connectivity index (χ2n) is 3.68. The Morgan fingerprint density at radius 3 is 2.67 bits per heavy atom. The fourth-order valence-electron chi connectivity index (χ4n) is 1.51. The highest BCUT2D eigenvalue weighted by Gasteiger charge is 2.06. The average molecular weight is 311 g/mol. The van der Waals surface area contributed by atoms with Gasteiger partial charge in [-0.2, -0.15) is 0 Å². The summed E-state index contributed by atoms with van der Waals surface area (Å²) in [7, 11) is 1.60. The first kappa shape index (κ1) is 12.9. The Bertz CT molecular complexity index is 543. The summed E-state index contributed by atoms with van der Waals surface area (Å²) in [6.45, 7) is 0.277. The van der Waals surface area contributed by atoms with Crippen molar-refractivity contribution in [1.82, 2.24) is 0 Å². The van der Waals surface area contributed by atoms with E-state index in [1.165, 1.54) is 6.07 Å². The predicted octanol–water partition coefficient (Wildman–Crippen LogP) is 4.18. The van der Waals surface area contributed by atoms with Crippen LogP contribution in [0, 0.1) is 5.82 Å². The summed E-state index contributed by atoms with van der Waals surface area (Å²) in [5.74, 6) is 0.620. The lowest BCUT2D eigenvalue weighted by atomic mass is 10.2. The Hall–Kier alpha value is -1.55. The van der Waals surface area contributed by atoms with Crippen molar-refractivity contribution in [2.45, 2.75) is 6.61 Å². The second kappa shape index (κ2) is 5.87. The van der Waals surface area contributed by atoms with E-state index in [-0.39, 0.29) is 18.2 Å². The van der Waals surface area contributed by atoms with Crippen molar-refractivity contribution in [2.24, 2.45) is 0 Å². The van der Waals surface area contributed by atoms with E-state index < -0.39 is 0 Å². The van der Waals surface area contributed by atoms with E-state index >= 15 is 0 Å². The molecule has 0 saturated carbocycles. The molecule has 0 N–H and O–H groups in total. The topological polar surface area (TPSA) is 18.5 Å². The first-order valence-electron chi connectivity index (χ1n) is 5.40. The van der Waals surface area contributed by atoms with Crippen molar-refractivity contribution in [2.75, 3.05) is 7.11 Å². The molecule has 0 unspecified atom stereocenters. The summed E-state index contributed by atoms with van der Waals surface area (Å²) in [5, 5.41) is 0. The molecule has 0 radical (unpaired) electrons. The standard InChI is InChI=1S/C14H12BrFO2/c1-17-11-6-7-12(15)10(8-11)9-18-14-5-3-2-4-13(14)16/h2-8H,9H2,1H3. The summed E-state index contributed by atoms with van der Waals surface area (Å²) in [5.41, 5.74) is 0.901. The molecule has 0 aliphatic carbocycles. The quantitative estimate of drug-likeness (QED) is 0.843. The summed E-state index contributed by atoms with van der Waals surface area (Å²) < 4.78 is 24.9. The van der Waals surface area contributed by atoms with Gasteiger partial charge in [-0.1, -0.05) is 28.1 Å². The molecule has 0 heterocycles. The summed E-state index contributed by atoms with van der Waals surface area (Å²) in [4.78, 5) is 0. The van der Waals surface area contributed by atoms with Gasteiger partial charge < -0.3 is 9.47 Å². The summed E-state index contributed by atoms with van der Waals surface area (Å²) in [6.07, 6.45) is 0. The Morgan fingerprint density at radius 1 is 1.17 bits per heavy atom. The lowest BCUT2D eigenvalue weighted by Crippen LogP contribution is -1.98. The molecule has 18 heavy (non-hydrogen) atoms. The molecule has 2 rings (SSSR count). The van der Waals surface area contributed by atoms with Crippen molar-refractivity contribution in [3.05, 3.63) is 58.3 Å². The zero-order valence-electron chi connectivity index (χ0n) is 9.82. The third kappa shape index (κ3) is 3.01. The molecule has 94 valence electrons. The highest BCUT2D eigenvalue weighted by Crippen LogP contribution is 2.24. The zero-order valence-corrected chi connectivity index (χ0v) is 11.4. The van der Waals surface area contributed by atoms with E-state index in [1.54, 1.807) is 25.3 Å². The third-order valence-corrected chi connectivity index (χ3v) is 3.25. The lowest BCUT2D eigenvalue weighted by molar-refractivity contribution is 0.289. The molecule has 0 saturated heterocycles. The van der Waals surface area contributed by atoms with Crippen molar-refractivity contribution < 1.29 is 13.9 Å². The van der Waals surface area contributed by atoms with Crippen LogP contribution in [-0.2, 0) is 6.61 Å². The molecular weight excluding hydrogens is 299 g/mol. The van der Waals surface area contributed by atoms with Crippen molar-refractivity contribution in [1.29, 1.82) is 0 Å². The van der Waals surface area contributed by atoms with Crippen LogP contribution in [0.3, 0.4) is 0 Å². The zero-order chi connectivity index (χ0) is 13.0. The maximum absolute atomic E-state index is 13.4. The number of halogens is 2. The van der Waals surface area contributed by atoms with E-state index in [0.29, 0.717) is 0 Å². The first-order valence-corrected chi connectivity index (χ1v) is 6.20. The number of benzene rings is 2. The molecule has 0 fully saturated rings. The number of rotatable bonds is 4. The van der Waals surface area contributed by atoms with Crippen molar-refractivity contribution >= 4 is 15.9 Å². The average Bonchev–Trinajstić information content (AvgIpc) is 2.39. The van der Waals surface area contributed by atoms with E-state index in [9.17, 15) is 4.39 Å². The van der Waals surface area contributed by atoms with Gasteiger partial charge in [-0.15, -0.1) is 0 Å². The lowest BCUT2D eigenvalue weighted by Gasteiger charge is -2.10. The van der Waals surface area contributed by atoms with Gasteiger partial charge in [0, 0.05) is 10.0 Å². The normalized spacial score (nSPS) is 10.2. The maximum Gasteiger partial charge on any atom is 0.165 e. The molecule has 2 aromatic carbocycles. The Labute approximate surface area is 113 Å². The van der Waals surface area contributed by atoms with E-state index in [1.807, 2.05) is 18.2 Å². The smallest absolute Gasteiger partial charge is 0.165 e. The van der Waals surface area contributed by atoms with Gasteiger partial charge in [0.05, 0.1) is 7.11 Å². The molecule has 0 bridgehead atoms. The van der Waals surface area contributed by atoms with Crippen LogP contribution in [0.25, 0.3) is 0 Å². The minimum absolute atomic E-state index is 0.243. The van der Waals surface area contributed by atoms with Crippen LogP contribution in [0.2, 0.25) is 0 Å². The number of ether oxygens (including phenoxy) is 2. The van der Waals surface area contributed by atoms with Gasteiger partial charge in [0.2, 0.25) is 0 Å². The Kier molecular flexibility index (Phi) is 4.20. The van der Waals surface area contributed by atoms with Crippen LogP contribution in [-0.4, -0.2) is 7.11 Å². The fourth-order valence-corrected chi connectivity index (χ4v) is 1.87. The van der Waals surface area contributed by atoms with Gasteiger partial charge >= 0.3 is 0 Å². The highest BCUT2D eigenvalue weighted by atomic mass is 79.9. The molecule has 0 aromatic heterocycles. The van der Waals surface area contributed by atoms with Crippen molar-refractivity contribution in [3.63, 3.8) is 0 Å².